The number of aliphatic hydroxyl groups excluding tert-OH is 2. The highest BCUT2D eigenvalue weighted by atomic mass is 16.7. The highest BCUT2D eigenvalue weighted by molar-refractivity contribution is 5.76. The van der Waals surface area contributed by atoms with Crippen LogP contribution in [0.5, 0.6) is 0 Å². The van der Waals surface area contributed by atoms with E-state index in [1.807, 2.05) is 0 Å². The molecule has 1 fully saturated rings. The molecule has 45 heavy (non-hydrogen) atoms. The van der Waals surface area contributed by atoms with Crippen molar-refractivity contribution in [2.75, 3.05) is 27.4 Å². The number of carbonyl (C=O) groups excluding carboxylic acids is 1. The molecule has 1 heterocycles. The Kier molecular flexibility index (Phi) is 27.2. The number of allylic oxidation sites excluding steroid dienone is 2. The second-order valence-corrected chi connectivity index (χ2v) is 12.9. The van der Waals surface area contributed by atoms with E-state index in [0.717, 1.165) is 32.1 Å². The Morgan fingerprint density at radius 2 is 1.40 bits per heavy atom. The van der Waals surface area contributed by atoms with Crippen LogP contribution in [0, 0.1) is 0 Å². The van der Waals surface area contributed by atoms with Gasteiger partial charge >= 0.3 is 0 Å². The summed E-state index contributed by atoms with van der Waals surface area (Å²) in [4.78, 5) is 13.0. The van der Waals surface area contributed by atoms with Gasteiger partial charge in [0.15, 0.2) is 6.29 Å². The first-order valence-corrected chi connectivity index (χ1v) is 18.6. The molecule has 1 rings (SSSR count). The molecule has 6 atom stereocenters. The predicted molar refractivity (Wildman–Crippen MR) is 183 cm³/mol. The zero-order chi connectivity index (χ0) is 33.0. The van der Waals surface area contributed by atoms with Crippen LogP contribution >= 0.6 is 0 Å². The number of methoxy groups -OCH3 is 2. The molecule has 0 radical (unpaired) electrons. The molecule has 0 aromatic rings. The molecule has 0 unspecified atom stereocenters. The predicted octanol–water partition coefficient (Wildman–Crippen LogP) is 7.77. The molecule has 0 aromatic carbocycles. The standard InChI is InChI=1S/C37H71NO7/c1-5-7-9-11-12-13-14-15-16-17-18-19-20-22-24-26-33(40)38-34-36(35(41)32(27-29-39)45-37(34)43-4)44-30-28-31(42-3)25-23-21-10-8-6-2/h13-14,31-32,34-37,39,41H,5-12,15-30H2,1-4H3,(H,38,40)/t31-,32-,34-,35-,36-,37-/m1/s1. The summed E-state index contributed by atoms with van der Waals surface area (Å²) in [6.45, 7) is 4.73. The van der Waals surface area contributed by atoms with Gasteiger partial charge < -0.3 is 34.5 Å². The van der Waals surface area contributed by atoms with Gasteiger partial charge in [0.2, 0.25) is 5.91 Å². The van der Waals surface area contributed by atoms with E-state index in [-0.39, 0.29) is 25.0 Å². The molecule has 8 heteroatoms. The summed E-state index contributed by atoms with van der Waals surface area (Å²) in [5.41, 5.74) is 0. The molecule has 1 amide bonds. The first-order chi connectivity index (χ1) is 22.0. The minimum atomic E-state index is -0.995. The second kappa shape index (κ2) is 29.1. The van der Waals surface area contributed by atoms with Crippen molar-refractivity contribution in [1.82, 2.24) is 5.32 Å². The van der Waals surface area contributed by atoms with Gasteiger partial charge in [0.05, 0.1) is 12.2 Å². The third-order valence-electron chi connectivity index (χ3n) is 9.03. The van der Waals surface area contributed by atoms with Crippen molar-refractivity contribution in [3.05, 3.63) is 12.2 Å². The minimum Gasteiger partial charge on any atom is -0.396 e. The van der Waals surface area contributed by atoms with Crippen molar-refractivity contribution in [1.29, 1.82) is 0 Å². The number of rotatable bonds is 30. The Hall–Kier alpha value is -1.03. The fourth-order valence-corrected chi connectivity index (χ4v) is 6.14. The maximum atomic E-state index is 13.0. The molecule has 1 aliphatic rings. The maximum Gasteiger partial charge on any atom is 0.220 e. The summed E-state index contributed by atoms with van der Waals surface area (Å²) in [5, 5.41) is 23.7. The van der Waals surface area contributed by atoms with E-state index in [1.54, 1.807) is 7.11 Å². The van der Waals surface area contributed by atoms with E-state index >= 15 is 0 Å². The third-order valence-corrected chi connectivity index (χ3v) is 9.03. The first-order valence-electron chi connectivity index (χ1n) is 18.6. The molecule has 1 saturated heterocycles. The summed E-state index contributed by atoms with van der Waals surface area (Å²) in [5.74, 6) is -0.0876. The van der Waals surface area contributed by atoms with Crippen LogP contribution in [0.15, 0.2) is 12.2 Å². The van der Waals surface area contributed by atoms with E-state index in [4.69, 9.17) is 18.9 Å². The third kappa shape index (κ3) is 20.1. The molecule has 0 spiro atoms. The summed E-state index contributed by atoms with van der Waals surface area (Å²) in [6, 6.07) is -0.645. The van der Waals surface area contributed by atoms with Crippen LogP contribution in [0.2, 0.25) is 0 Å². The van der Waals surface area contributed by atoms with E-state index in [0.29, 0.717) is 19.4 Å². The van der Waals surface area contributed by atoms with E-state index in [9.17, 15) is 15.0 Å². The van der Waals surface area contributed by atoms with Crippen molar-refractivity contribution in [2.24, 2.45) is 0 Å². The molecule has 1 aliphatic heterocycles. The van der Waals surface area contributed by atoms with E-state index in [2.05, 4.69) is 31.3 Å². The van der Waals surface area contributed by atoms with Crippen LogP contribution in [-0.2, 0) is 23.7 Å². The van der Waals surface area contributed by atoms with Crippen LogP contribution in [0.25, 0.3) is 0 Å². The molecular formula is C37H71NO7. The lowest BCUT2D eigenvalue weighted by Gasteiger charge is -2.44. The number of hydrogen-bond donors (Lipinski definition) is 3. The van der Waals surface area contributed by atoms with Crippen molar-refractivity contribution in [3.8, 4) is 0 Å². The largest absolute Gasteiger partial charge is 0.396 e. The van der Waals surface area contributed by atoms with Gasteiger partial charge in [-0.25, -0.2) is 0 Å². The highest BCUT2D eigenvalue weighted by Crippen LogP contribution is 2.27. The molecule has 8 nitrogen and oxygen atoms in total. The highest BCUT2D eigenvalue weighted by Gasteiger charge is 2.46. The van der Waals surface area contributed by atoms with Gasteiger partial charge in [0.25, 0.3) is 0 Å². The van der Waals surface area contributed by atoms with Gasteiger partial charge in [-0.1, -0.05) is 109 Å². The average Bonchev–Trinajstić information content (AvgIpc) is 3.04. The quantitative estimate of drug-likeness (QED) is 0.0543. The Labute approximate surface area is 276 Å². The summed E-state index contributed by atoms with van der Waals surface area (Å²) in [6.07, 6.45) is 25.8. The molecule has 266 valence electrons. The Morgan fingerprint density at radius 3 is 2.00 bits per heavy atom. The fraction of sp³-hybridized carbons (Fsp3) is 0.919. The van der Waals surface area contributed by atoms with Gasteiger partial charge in [-0.3, -0.25) is 4.79 Å². The van der Waals surface area contributed by atoms with E-state index in [1.165, 1.54) is 97.0 Å². The van der Waals surface area contributed by atoms with Crippen LogP contribution < -0.4 is 5.32 Å². The zero-order valence-corrected chi connectivity index (χ0v) is 29.5. The second-order valence-electron chi connectivity index (χ2n) is 12.9. The van der Waals surface area contributed by atoms with Crippen molar-refractivity contribution in [3.63, 3.8) is 0 Å². The average molecular weight is 642 g/mol. The first kappa shape index (κ1) is 42.0. The number of unbranched alkanes of at least 4 members (excludes halogenated alkanes) is 15. The number of carbonyl (C=O) groups is 1. The zero-order valence-electron chi connectivity index (χ0n) is 29.5. The number of aliphatic hydroxyl groups is 2. The minimum absolute atomic E-state index is 0.0876. The summed E-state index contributed by atoms with van der Waals surface area (Å²) in [7, 11) is 3.26. The van der Waals surface area contributed by atoms with Crippen LogP contribution in [0.4, 0.5) is 0 Å². The van der Waals surface area contributed by atoms with Gasteiger partial charge in [-0.05, 0) is 51.4 Å². The number of hydrogen-bond acceptors (Lipinski definition) is 7. The van der Waals surface area contributed by atoms with Crippen molar-refractivity contribution in [2.45, 2.75) is 192 Å². The van der Waals surface area contributed by atoms with Crippen LogP contribution in [-0.4, -0.2) is 80.3 Å². The monoisotopic (exact) mass is 642 g/mol. The van der Waals surface area contributed by atoms with Gasteiger partial charge in [-0.15, -0.1) is 0 Å². The SMILES string of the molecule is CCCCCCC=CCCCCCCCCCC(=O)N[C@H]1[C@H](OC)O[C@H](CCO)[C@@H](O)[C@@H]1OCC[C@@H](CCCCCCC)OC. The number of ether oxygens (including phenoxy) is 4. The number of nitrogens with one attached hydrogen (secondary N) is 1. The van der Waals surface area contributed by atoms with Gasteiger partial charge in [0.1, 0.15) is 18.2 Å². The normalized spacial score (nSPS) is 22.7. The van der Waals surface area contributed by atoms with E-state index < -0.39 is 30.6 Å². The molecule has 0 bridgehead atoms. The Bertz CT molecular complexity index is 706. The van der Waals surface area contributed by atoms with Crippen LogP contribution in [0.3, 0.4) is 0 Å². The molecule has 0 aromatic heterocycles. The fourth-order valence-electron chi connectivity index (χ4n) is 6.14. The maximum absolute atomic E-state index is 13.0. The molecule has 3 N–H and O–H groups in total. The summed E-state index contributed by atoms with van der Waals surface area (Å²) < 4.78 is 23.5. The smallest absolute Gasteiger partial charge is 0.220 e. The lowest BCUT2D eigenvalue weighted by Crippen LogP contribution is -2.64. The molecule has 0 aliphatic carbocycles. The molecular weight excluding hydrogens is 570 g/mol. The number of amides is 1. The van der Waals surface area contributed by atoms with Crippen molar-refractivity contribution < 1.29 is 34.0 Å². The summed E-state index contributed by atoms with van der Waals surface area (Å²) >= 11 is 0. The van der Waals surface area contributed by atoms with Crippen LogP contribution in [0.1, 0.15) is 155 Å². The topological polar surface area (TPSA) is 106 Å². The Morgan fingerprint density at radius 1 is 0.822 bits per heavy atom. The molecule has 0 saturated carbocycles. The van der Waals surface area contributed by atoms with Gasteiger partial charge in [-0.2, -0.15) is 0 Å². The lowest BCUT2D eigenvalue weighted by molar-refractivity contribution is -0.267. The van der Waals surface area contributed by atoms with Crippen molar-refractivity contribution >= 4 is 5.91 Å². The Balaban J connectivity index is 2.42. The lowest BCUT2D eigenvalue weighted by atomic mass is 9.94. The van der Waals surface area contributed by atoms with Gasteiger partial charge in [0, 0.05) is 33.9 Å².